The number of carbonyl (C=O) groups excluding carboxylic acids is 2. The number of ether oxygens (including phenoxy) is 1. The predicted octanol–water partition coefficient (Wildman–Crippen LogP) is 4.17. The molecule has 2 aromatic rings. The lowest BCUT2D eigenvalue weighted by Crippen LogP contribution is -2.29. The summed E-state index contributed by atoms with van der Waals surface area (Å²) in [6.45, 7) is 3.51. The van der Waals surface area contributed by atoms with Crippen LogP contribution in [0.5, 0.6) is 0 Å². The zero-order valence-corrected chi connectivity index (χ0v) is 14.4. The number of rotatable bonds is 6. The number of thioether (sulfide) groups is 1. The molecule has 1 amide bonds. The zero-order valence-electron chi connectivity index (χ0n) is 13.6. The molecule has 0 saturated carbocycles. The van der Waals surface area contributed by atoms with Crippen LogP contribution in [0.2, 0.25) is 0 Å². The second-order valence-electron chi connectivity index (χ2n) is 5.17. The molecule has 0 heterocycles. The molecule has 0 bridgehead atoms. The van der Waals surface area contributed by atoms with Gasteiger partial charge in [0.25, 0.3) is 5.91 Å². The summed E-state index contributed by atoms with van der Waals surface area (Å²) in [5, 5.41) is 4.35. The summed E-state index contributed by atoms with van der Waals surface area (Å²) in [6.07, 6.45) is 0.443. The molecule has 24 heavy (non-hydrogen) atoms. The topological polar surface area (TPSA) is 55.4 Å². The van der Waals surface area contributed by atoms with Gasteiger partial charge in [-0.15, -0.1) is 0 Å². The summed E-state index contributed by atoms with van der Waals surface area (Å²) >= 11 is 1.41. The third kappa shape index (κ3) is 5.93. The average Bonchev–Trinajstić information content (AvgIpc) is 2.58. The van der Waals surface area contributed by atoms with Crippen molar-refractivity contribution in [3.05, 3.63) is 71.6 Å². The van der Waals surface area contributed by atoms with Gasteiger partial charge in [0.05, 0.1) is 0 Å². The van der Waals surface area contributed by atoms with Crippen molar-refractivity contribution in [3.63, 3.8) is 0 Å². The second-order valence-corrected chi connectivity index (χ2v) is 6.15. The summed E-state index contributed by atoms with van der Waals surface area (Å²) in [7, 11) is 0. The molecule has 0 aromatic heterocycles. The Bertz CT molecular complexity index is 711. The Kier molecular flexibility index (Phi) is 6.63. The van der Waals surface area contributed by atoms with E-state index in [0.717, 1.165) is 10.5 Å². The van der Waals surface area contributed by atoms with Crippen molar-refractivity contribution >= 4 is 29.3 Å². The van der Waals surface area contributed by atoms with E-state index in [9.17, 15) is 9.59 Å². The summed E-state index contributed by atoms with van der Waals surface area (Å²) in [6, 6.07) is 17.1. The van der Waals surface area contributed by atoms with Crippen molar-refractivity contribution in [2.45, 2.75) is 24.8 Å². The SMILES string of the molecule is Cc1ccc(NC(=O)[C@@H](C)OC(=O)/C=C/Sc2ccccc2)cc1. The molecule has 124 valence electrons. The highest BCUT2D eigenvalue weighted by Crippen LogP contribution is 2.18. The number of nitrogens with one attached hydrogen (secondary N) is 1. The number of anilines is 1. The van der Waals surface area contributed by atoms with E-state index in [1.54, 1.807) is 24.5 Å². The fraction of sp³-hybridized carbons (Fsp3) is 0.158. The third-order valence-electron chi connectivity index (χ3n) is 3.13. The van der Waals surface area contributed by atoms with Crippen LogP contribution in [0.15, 0.2) is 71.0 Å². The number of carbonyl (C=O) groups is 2. The van der Waals surface area contributed by atoms with Crippen LogP contribution in [0, 0.1) is 6.92 Å². The Morgan fingerprint density at radius 2 is 1.75 bits per heavy atom. The molecule has 2 rings (SSSR count). The van der Waals surface area contributed by atoms with Gasteiger partial charge in [0.15, 0.2) is 6.10 Å². The van der Waals surface area contributed by atoms with Crippen LogP contribution in [0.25, 0.3) is 0 Å². The first kappa shape index (κ1) is 17.8. The van der Waals surface area contributed by atoms with Crippen LogP contribution in [0.3, 0.4) is 0 Å². The Labute approximate surface area is 145 Å². The number of hydrogen-bond acceptors (Lipinski definition) is 4. The largest absolute Gasteiger partial charge is 0.449 e. The van der Waals surface area contributed by atoms with Crippen LogP contribution in [-0.2, 0) is 14.3 Å². The lowest BCUT2D eigenvalue weighted by atomic mass is 10.2. The molecule has 0 aliphatic heterocycles. The highest BCUT2D eigenvalue weighted by Gasteiger charge is 2.16. The molecule has 0 saturated heterocycles. The van der Waals surface area contributed by atoms with Gasteiger partial charge in [-0.05, 0) is 43.5 Å². The van der Waals surface area contributed by atoms with Crippen LogP contribution in [-0.4, -0.2) is 18.0 Å². The number of amides is 1. The third-order valence-corrected chi connectivity index (χ3v) is 3.95. The van der Waals surface area contributed by atoms with E-state index in [2.05, 4.69) is 5.32 Å². The monoisotopic (exact) mass is 341 g/mol. The molecular formula is C19H19NO3S. The molecule has 0 aliphatic carbocycles. The normalized spacial score (nSPS) is 11.9. The lowest BCUT2D eigenvalue weighted by molar-refractivity contribution is -0.148. The minimum Gasteiger partial charge on any atom is -0.449 e. The Morgan fingerprint density at radius 1 is 1.08 bits per heavy atom. The van der Waals surface area contributed by atoms with E-state index >= 15 is 0 Å². The smallest absolute Gasteiger partial charge is 0.332 e. The van der Waals surface area contributed by atoms with Gasteiger partial charge in [0.2, 0.25) is 0 Å². The summed E-state index contributed by atoms with van der Waals surface area (Å²) in [5.74, 6) is -0.915. The van der Waals surface area contributed by atoms with Crippen LogP contribution in [0.1, 0.15) is 12.5 Å². The molecule has 2 aromatic carbocycles. The van der Waals surface area contributed by atoms with Gasteiger partial charge < -0.3 is 10.1 Å². The Balaban J connectivity index is 1.79. The molecular weight excluding hydrogens is 322 g/mol. The molecule has 0 aliphatic rings. The minimum absolute atomic E-state index is 0.365. The van der Waals surface area contributed by atoms with Crippen LogP contribution in [0.4, 0.5) is 5.69 Å². The molecule has 1 atom stereocenters. The van der Waals surface area contributed by atoms with Crippen molar-refractivity contribution in [1.29, 1.82) is 0 Å². The molecule has 0 fully saturated rings. The summed E-state index contributed by atoms with van der Waals surface area (Å²) in [4.78, 5) is 24.8. The molecule has 4 nitrogen and oxygen atoms in total. The first-order valence-corrected chi connectivity index (χ1v) is 8.39. The van der Waals surface area contributed by atoms with E-state index in [-0.39, 0.29) is 5.91 Å². The second kappa shape index (κ2) is 8.93. The van der Waals surface area contributed by atoms with E-state index < -0.39 is 12.1 Å². The molecule has 5 heteroatoms. The summed E-state index contributed by atoms with van der Waals surface area (Å²) < 4.78 is 5.09. The van der Waals surface area contributed by atoms with Gasteiger partial charge in [-0.25, -0.2) is 4.79 Å². The average molecular weight is 341 g/mol. The molecule has 0 unspecified atom stereocenters. The fourth-order valence-corrected chi connectivity index (χ4v) is 2.47. The summed E-state index contributed by atoms with van der Waals surface area (Å²) in [5.41, 5.74) is 1.78. The van der Waals surface area contributed by atoms with Crippen molar-refractivity contribution in [2.24, 2.45) is 0 Å². The van der Waals surface area contributed by atoms with Crippen LogP contribution >= 0.6 is 11.8 Å². The molecule has 0 spiro atoms. The first-order chi connectivity index (χ1) is 11.5. The van der Waals surface area contributed by atoms with Gasteiger partial charge in [0, 0.05) is 16.7 Å². The maximum atomic E-state index is 12.0. The van der Waals surface area contributed by atoms with E-state index in [1.807, 2.05) is 49.4 Å². The number of aryl methyl sites for hydroxylation is 1. The number of benzene rings is 2. The fourth-order valence-electron chi connectivity index (χ4n) is 1.82. The standard InChI is InChI=1S/C19H19NO3S/c1-14-8-10-16(11-9-14)20-19(22)15(2)23-18(21)12-13-24-17-6-4-3-5-7-17/h3-13,15H,1-2H3,(H,20,22)/b13-12+/t15-/m1/s1. The van der Waals surface area contributed by atoms with Crippen molar-refractivity contribution in [3.8, 4) is 0 Å². The van der Waals surface area contributed by atoms with E-state index in [0.29, 0.717) is 5.69 Å². The number of hydrogen-bond donors (Lipinski definition) is 1. The van der Waals surface area contributed by atoms with Gasteiger partial charge in [-0.2, -0.15) is 0 Å². The van der Waals surface area contributed by atoms with Crippen molar-refractivity contribution < 1.29 is 14.3 Å². The highest BCUT2D eigenvalue weighted by molar-refractivity contribution is 8.02. The van der Waals surface area contributed by atoms with E-state index in [1.165, 1.54) is 17.8 Å². The van der Waals surface area contributed by atoms with Crippen molar-refractivity contribution in [2.75, 3.05) is 5.32 Å². The zero-order chi connectivity index (χ0) is 17.4. The minimum atomic E-state index is -0.870. The van der Waals surface area contributed by atoms with Crippen LogP contribution < -0.4 is 5.32 Å². The maximum absolute atomic E-state index is 12.0. The van der Waals surface area contributed by atoms with Crippen molar-refractivity contribution in [1.82, 2.24) is 0 Å². The predicted molar refractivity (Wildman–Crippen MR) is 96.8 cm³/mol. The van der Waals surface area contributed by atoms with Gasteiger partial charge in [-0.3, -0.25) is 4.79 Å². The maximum Gasteiger partial charge on any atom is 0.332 e. The Hall–Kier alpha value is -2.53. The van der Waals surface area contributed by atoms with Gasteiger partial charge >= 0.3 is 5.97 Å². The Morgan fingerprint density at radius 3 is 2.42 bits per heavy atom. The lowest BCUT2D eigenvalue weighted by Gasteiger charge is -2.12. The quantitative estimate of drug-likeness (QED) is 0.487. The first-order valence-electron chi connectivity index (χ1n) is 7.51. The molecule has 0 radical (unpaired) electrons. The van der Waals surface area contributed by atoms with Gasteiger partial charge in [-0.1, -0.05) is 47.7 Å². The molecule has 1 N–H and O–H groups in total. The highest BCUT2D eigenvalue weighted by atomic mass is 32.2. The van der Waals surface area contributed by atoms with E-state index in [4.69, 9.17) is 4.74 Å². The van der Waals surface area contributed by atoms with Gasteiger partial charge in [0.1, 0.15) is 0 Å². The number of esters is 1.